The Hall–Kier alpha value is -4.42. The SMILES string of the molecule is c1cc(-c2c3ccccc3cc3ccccc23)cc(-c2c3ccccc3cc3ccccc23)c1. The van der Waals surface area contributed by atoms with Crippen LogP contribution in [0.1, 0.15) is 0 Å². The van der Waals surface area contributed by atoms with E-state index in [1.165, 1.54) is 65.3 Å². The molecule has 0 N–H and O–H groups in total. The number of fused-ring (bicyclic) bond motifs is 4. The van der Waals surface area contributed by atoms with Gasteiger partial charge in [0.2, 0.25) is 0 Å². The van der Waals surface area contributed by atoms with E-state index in [-0.39, 0.29) is 0 Å². The highest BCUT2D eigenvalue weighted by Crippen LogP contribution is 2.41. The Kier molecular flexibility index (Phi) is 4.25. The van der Waals surface area contributed by atoms with E-state index in [4.69, 9.17) is 0 Å². The van der Waals surface area contributed by atoms with Crippen LogP contribution in [0.15, 0.2) is 133 Å². The third kappa shape index (κ3) is 2.93. The van der Waals surface area contributed by atoms with Crippen LogP contribution in [-0.2, 0) is 0 Å². The van der Waals surface area contributed by atoms with Crippen molar-refractivity contribution in [3.63, 3.8) is 0 Å². The Morgan fingerprint density at radius 3 is 0.941 bits per heavy atom. The number of benzene rings is 7. The van der Waals surface area contributed by atoms with Gasteiger partial charge in [-0.2, -0.15) is 0 Å². The average Bonchev–Trinajstić information content (AvgIpc) is 2.90. The van der Waals surface area contributed by atoms with Gasteiger partial charge >= 0.3 is 0 Å². The van der Waals surface area contributed by atoms with Crippen LogP contribution in [0.4, 0.5) is 0 Å². The largest absolute Gasteiger partial charge is 0.0616 e. The van der Waals surface area contributed by atoms with E-state index >= 15 is 0 Å². The van der Waals surface area contributed by atoms with Gasteiger partial charge in [0.05, 0.1) is 0 Å². The average molecular weight is 431 g/mol. The zero-order valence-corrected chi connectivity index (χ0v) is 18.7. The zero-order chi connectivity index (χ0) is 22.5. The molecule has 0 aliphatic heterocycles. The first-order chi connectivity index (χ1) is 16.9. The lowest BCUT2D eigenvalue weighted by molar-refractivity contribution is 1.65. The molecule has 158 valence electrons. The summed E-state index contributed by atoms with van der Waals surface area (Å²) in [6.07, 6.45) is 0. The molecule has 0 amide bonds. The topological polar surface area (TPSA) is 0 Å². The number of hydrogen-bond acceptors (Lipinski definition) is 0. The molecule has 0 heterocycles. The standard InChI is InChI=1S/C34H22/c1-5-16-29-23(10-1)20-24-11-2-6-17-30(24)33(29)27-14-9-15-28(22-27)34-31-18-7-3-12-25(31)21-26-13-4-8-19-32(26)34/h1-22H. The second kappa shape index (κ2) is 7.57. The van der Waals surface area contributed by atoms with Gasteiger partial charge in [0, 0.05) is 0 Å². The first-order valence-electron chi connectivity index (χ1n) is 11.8. The molecule has 7 aromatic carbocycles. The molecule has 0 unspecified atom stereocenters. The molecule has 0 aromatic heterocycles. The number of hydrogen-bond donors (Lipinski definition) is 0. The van der Waals surface area contributed by atoms with Crippen molar-refractivity contribution >= 4 is 43.1 Å². The summed E-state index contributed by atoms with van der Waals surface area (Å²) in [4.78, 5) is 0. The van der Waals surface area contributed by atoms with Crippen molar-refractivity contribution in [3.8, 4) is 22.3 Å². The molecular weight excluding hydrogens is 408 g/mol. The van der Waals surface area contributed by atoms with Gasteiger partial charge in [0.25, 0.3) is 0 Å². The molecule has 0 saturated heterocycles. The molecule has 0 bridgehead atoms. The van der Waals surface area contributed by atoms with E-state index in [0.29, 0.717) is 0 Å². The molecule has 0 atom stereocenters. The van der Waals surface area contributed by atoms with Gasteiger partial charge in [-0.25, -0.2) is 0 Å². The zero-order valence-electron chi connectivity index (χ0n) is 18.7. The maximum Gasteiger partial charge on any atom is -0.00266 e. The van der Waals surface area contributed by atoms with Crippen molar-refractivity contribution in [2.45, 2.75) is 0 Å². The second-order valence-corrected chi connectivity index (χ2v) is 8.97. The summed E-state index contributed by atoms with van der Waals surface area (Å²) in [5.74, 6) is 0. The lowest BCUT2D eigenvalue weighted by Gasteiger charge is -2.15. The van der Waals surface area contributed by atoms with Crippen molar-refractivity contribution in [3.05, 3.63) is 133 Å². The van der Waals surface area contributed by atoms with E-state index in [9.17, 15) is 0 Å². The van der Waals surface area contributed by atoms with Gasteiger partial charge in [0.1, 0.15) is 0 Å². The highest BCUT2D eigenvalue weighted by atomic mass is 14.2. The number of rotatable bonds is 2. The lowest BCUT2D eigenvalue weighted by atomic mass is 9.88. The van der Waals surface area contributed by atoms with Gasteiger partial charge in [-0.1, -0.05) is 115 Å². The molecule has 7 rings (SSSR count). The van der Waals surface area contributed by atoms with Crippen molar-refractivity contribution in [1.82, 2.24) is 0 Å². The van der Waals surface area contributed by atoms with Crippen LogP contribution >= 0.6 is 0 Å². The normalized spacial score (nSPS) is 11.5. The monoisotopic (exact) mass is 430 g/mol. The highest BCUT2D eigenvalue weighted by molar-refractivity contribution is 6.15. The molecule has 7 aromatic rings. The maximum absolute atomic E-state index is 2.38. The minimum atomic E-state index is 1.25. The fraction of sp³-hybridized carbons (Fsp3) is 0. The minimum Gasteiger partial charge on any atom is -0.0616 e. The van der Waals surface area contributed by atoms with Gasteiger partial charge in [0.15, 0.2) is 0 Å². The van der Waals surface area contributed by atoms with Gasteiger partial charge in [-0.3, -0.25) is 0 Å². The Labute approximate surface area is 198 Å². The Morgan fingerprint density at radius 1 is 0.265 bits per heavy atom. The molecule has 0 radical (unpaired) electrons. The molecular formula is C34H22. The second-order valence-electron chi connectivity index (χ2n) is 8.97. The smallest absolute Gasteiger partial charge is 0.00266 e. The van der Waals surface area contributed by atoms with Crippen molar-refractivity contribution < 1.29 is 0 Å². The predicted molar refractivity (Wildman–Crippen MR) is 147 cm³/mol. The third-order valence-corrected chi connectivity index (χ3v) is 6.98. The fourth-order valence-electron chi connectivity index (χ4n) is 5.48. The summed E-state index contributed by atoms with van der Waals surface area (Å²) in [5, 5.41) is 10.3. The van der Waals surface area contributed by atoms with Crippen molar-refractivity contribution in [1.29, 1.82) is 0 Å². The van der Waals surface area contributed by atoms with Crippen molar-refractivity contribution in [2.24, 2.45) is 0 Å². The van der Waals surface area contributed by atoms with Gasteiger partial charge < -0.3 is 0 Å². The van der Waals surface area contributed by atoms with E-state index in [0.717, 1.165) is 0 Å². The molecule has 0 aliphatic rings. The van der Waals surface area contributed by atoms with Crippen LogP contribution in [0.25, 0.3) is 65.3 Å². The van der Waals surface area contributed by atoms with E-state index < -0.39 is 0 Å². The Balaban J connectivity index is 1.58. The maximum atomic E-state index is 2.38. The molecule has 0 fully saturated rings. The summed E-state index contributed by atoms with van der Waals surface area (Å²) in [6, 6.07) is 48.6. The third-order valence-electron chi connectivity index (χ3n) is 6.98. The molecule has 0 saturated carbocycles. The fourth-order valence-corrected chi connectivity index (χ4v) is 5.48. The minimum absolute atomic E-state index is 1.25. The molecule has 34 heavy (non-hydrogen) atoms. The van der Waals surface area contributed by atoms with Gasteiger partial charge in [-0.15, -0.1) is 0 Å². The summed E-state index contributed by atoms with van der Waals surface area (Å²) >= 11 is 0. The van der Waals surface area contributed by atoms with Crippen LogP contribution in [0.2, 0.25) is 0 Å². The first kappa shape index (κ1) is 19.1. The molecule has 0 nitrogen and oxygen atoms in total. The Bertz CT molecular complexity index is 1610. The van der Waals surface area contributed by atoms with Crippen LogP contribution < -0.4 is 0 Å². The van der Waals surface area contributed by atoms with Crippen LogP contribution in [-0.4, -0.2) is 0 Å². The highest BCUT2D eigenvalue weighted by Gasteiger charge is 2.13. The van der Waals surface area contributed by atoms with E-state index in [2.05, 4.69) is 133 Å². The summed E-state index contributed by atoms with van der Waals surface area (Å²) in [5.41, 5.74) is 5.12. The lowest BCUT2D eigenvalue weighted by Crippen LogP contribution is -1.88. The van der Waals surface area contributed by atoms with Crippen LogP contribution in [0.3, 0.4) is 0 Å². The summed E-state index contributed by atoms with van der Waals surface area (Å²) < 4.78 is 0. The van der Waals surface area contributed by atoms with Crippen molar-refractivity contribution in [2.75, 3.05) is 0 Å². The Morgan fingerprint density at radius 2 is 0.588 bits per heavy atom. The quantitative estimate of drug-likeness (QED) is 0.239. The predicted octanol–water partition coefficient (Wildman–Crippen LogP) is 9.63. The first-order valence-corrected chi connectivity index (χ1v) is 11.8. The molecule has 0 spiro atoms. The van der Waals surface area contributed by atoms with Crippen LogP contribution in [0, 0.1) is 0 Å². The van der Waals surface area contributed by atoms with Crippen LogP contribution in [0.5, 0.6) is 0 Å². The summed E-state index contributed by atoms with van der Waals surface area (Å²) in [6.45, 7) is 0. The summed E-state index contributed by atoms with van der Waals surface area (Å²) in [7, 11) is 0. The van der Waals surface area contributed by atoms with Gasteiger partial charge in [-0.05, 0) is 83.5 Å². The molecule has 0 heteroatoms. The molecule has 0 aliphatic carbocycles. The van der Waals surface area contributed by atoms with E-state index in [1.54, 1.807) is 0 Å². The van der Waals surface area contributed by atoms with E-state index in [1.807, 2.05) is 0 Å².